The van der Waals surface area contributed by atoms with E-state index in [0.29, 0.717) is 5.56 Å². The lowest BCUT2D eigenvalue weighted by Gasteiger charge is -2.17. The molecule has 2 N–H and O–H groups in total. The van der Waals surface area contributed by atoms with Gasteiger partial charge < -0.3 is 20.1 Å². The average Bonchev–Trinajstić information content (AvgIpc) is 3.05. The lowest BCUT2D eigenvalue weighted by atomic mass is 10.2. The number of nitrogens with one attached hydrogen (secondary N) is 2. The fraction of sp³-hybridized carbons (Fsp3) is 0.444. The van der Waals surface area contributed by atoms with E-state index in [0.717, 1.165) is 4.68 Å². The van der Waals surface area contributed by atoms with Crippen molar-refractivity contribution < 1.29 is 31.4 Å². The van der Waals surface area contributed by atoms with Crippen LogP contribution in [-0.2, 0) is 26.3 Å². The number of alkyl halides is 5. The van der Waals surface area contributed by atoms with E-state index in [2.05, 4.69) is 25.5 Å². The van der Waals surface area contributed by atoms with Crippen LogP contribution in [0.15, 0.2) is 29.4 Å². The van der Waals surface area contributed by atoms with Crippen molar-refractivity contribution in [3.8, 4) is 11.5 Å². The summed E-state index contributed by atoms with van der Waals surface area (Å²) in [5, 5.41) is 9.04. The van der Waals surface area contributed by atoms with Crippen molar-refractivity contribution in [2.45, 2.75) is 32.8 Å². The van der Waals surface area contributed by atoms with Crippen molar-refractivity contribution in [3.63, 3.8) is 0 Å². The molecule has 0 bridgehead atoms. The monoisotopic (exact) mass is 435 g/mol. The number of aryl methyl sites for hydroxylation is 1. The van der Waals surface area contributed by atoms with Crippen LogP contribution in [-0.4, -0.2) is 36.0 Å². The van der Waals surface area contributed by atoms with Crippen molar-refractivity contribution >= 4 is 5.96 Å². The molecule has 166 valence electrons. The first-order valence-corrected chi connectivity index (χ1v) is 8.89. The van der Waals surface area contributed by atoms with Gasteiger partial charge in [0.25, 0.3) is 0 Å². The second-order valence-electron chi connectivity index (χ2n) is 6.01. The second-order valence-corrected chi connectivity index (χ2v) is 6.01. The zero-order valence-corrected chi connectivity index (χ0v) is 16.6. The van der Waals surface area contributed by atoms with Gasteiger partial charge in [0.05, 0.1) is 6.61 Å². The van der Waals surface area contributed by atoms with Gasteiger partial charge in [0.2, 0.25) is 0 Å². The summed E-state index contributed by atoms with van der Waals surface area (Å²) in [5.41, 5.74) is -0.695. The van der Waals surface area contributed by atoms with Gasteiger partial charge in [-0.15, -0.1) is 0 Å². The molecule has 12 heteroatoms. The molecule has 0 aliphatic rings. The fourth-order valence-electron chi connectivity index (χ4n) is 2.68. The highest BCUT2D eigenvalue weighted by molar-refractivity contribution is 5.79. The van der Waals surface area contributed by atoms with Crippen molar-refractivity contribution in [1.29, 1.82) is 0 Å². The molecule has 7 nitrogen and oxygen atoms in total. The molecule has 0 radical (unpaired) electrons. The summed E-state index contributed by atoms with van der Waals surface area (Å²) in [6.45, 7) is -1.26. The van der Waals surface area contributed by atoms with Crippen molar-refractivity contribution in [1.82, 2.24) is 20.4 Å². The number of aromatic nitrogens is 2. The van der Waals surface area contributed by atoms with Crippen LogP contribution in [0, 0.1) is 0 Å². The molecule has 1 heterocycles. The van der Waals surface area contributed by atoms with Crippen LogP contribution < -0.4 is 20.1 Å². The average molecular weight is 435 g/mol. The molecular formula is C18H22F5N5O2. The Morgan fingerprint density at radius 2 is 1.87 bits per heavy atom. The smallest absolute Gasteiger partial charge is 0.435 e. The first kappa shape index (κ1) is 23.2. The molecule has 0 aliphatic carbocycles. The number of hydrogen-bond acceptors (Lipinski definition) is 4. The predicted molar refractivity (Wildman–Crippen MR) is 99.5 cm³/mol. The van der Waals surface area contributed by atoms with Crippen LogP contribution in [0.1, 0.15) is 23.7 Å². The van der Waals surface area contributed by atoms with Crippen LogP contribution in [0.3, 0.4) is 0 Å². The summed E-state index contributed by atoms with van der Waals surface area (Å²) in [6, 6.07) is 4.67. The number of rotatable bonds is 8. The molecule has 1 aromatic heterocycles. The number of hydrogen-bond donors (Lipinski definition) is 2. The number of nitrogens with zero attached hydrogens (tertiary/aromatic N) is 3. The molecule has 2 aromatic rings. The second kappa shape index (κ2) is 10.1. The maximum Gasteiger partial charge on any atom is 0.435 e. The third kappa shape index (κ3) is 6.22. The van der Waals surface area contributed by atoms with Gasteiger partial charge in [0.15, 0.2) is 23.2 Å². The maximum atomic E-state index is 13.1. The molecule has 0 unspecified atom stereocenters. The summed E-state index contributed by atoms with van der Waals surface area (Å²) in [4.78, 5) is 3.93. The number of para-hydroxylation sites is 1. The fourth-order valence-corrected chi connectivity index (χ4v) is 2.68. The third-order valence-corrected chi connectivity index (χ3v) is 3.86. The molecular weight excluding hydrogens is 413 g/mol. The van der Waals surface area contributed by atoms with E-state index in [1.165, 1.54) is 26.4 Å². The summed E-state index contributed by atoms with van der Waals surface area (Å²) in [6.07, 6.45) is -3.33. The van der Waals surface area contributed by atoms with Crippen molar-refractivity contribution in [2.75, 3.05) is 13.7 Å². The largest absolute Gasteiger partial charge is 0.490 e. The molecule has 0 fully saturated rings. The van der Waals surface area contributed by atoms with Crippen molar-refractivity contribution in [3.05, 3.63) is 41.2 Å². The first-order valence-electron chi connectivity index (χ1n) is 8.89. The Kier molecular flexibility index (Phi) is 7.84. The number of ether oxygens (including phenoxy) is 2. The summed E-state index contributed by atoms with van der Waals surface area (Å²) in [5.74, 6) is 0.200. The first-order chi connectivity index (χ1) is 14.2. The Balaban J connectivity index is 2.09. The Hall–Kier alpha value is -3.05. The molecule has 0 saturated heterocycles. The van der Waals surface area contributed by atoms with Crippen LogP contribution in [0.4, 0.5) is 22.0 Å². The van der Waals surface area contributed by atoms with Gasteiger partial charge in [-0.3, -0.25) is 9.67 Å². The summed E-state index contributed by atoms with van der Waals surface area (Å²) >= 11 is 0. The Bertz CT molecular complexity index is 867. The third-order valence-electron chi connectivity index (χ3n) is 3.86. The Labute approximate surface area is 169 Å². The number of halogens is 5. The van der Waals surface area contributed by atoms with Crippen molar-refractivity contribution in [2.24, 2.45) is 12.0 Å². The van der Waals surface area contributed by atoms with Gasteiger partial charge in [-0.2, -0.15) is 27.1 Å². The molecule has 0 aliphatic heterocycles. The van der Waals surface area contributed by atoms with E-state index in [4.69, 9.17) is 4.74 Å². The highest BCUT2D eigenvalue weighted by Crippen LogP contribution is 2.33. The lowest BCUT2D eigenvalue weighted by Crippen LogP contribution is -2.36. The SMILES string of the molecule is CCOc1cccc(CNC(=NC)NCc2cn(C)nc2C(F)(F)F)c1OC(F)F. The molecule has 1 aromatic carbocycles. The van der Waals surface area contributed by atoms with E-state index in [9.17, 15) is 22.0 Å². The van der Waals surface area contributed by atoms with E-state index >= 15 is 0 Å². The van der Waals surface area contributed by atoms with Gasteiger partial charge >= 0.3 is 12.8 Å². The molecule has 0 amide bonds. The molecule has 0 atom stereocenters. The van der Waals surface area contributed by atoms with E-state index in [1.807, 2.05) is 0 Å². The quantitative estimate of drug-likeness (QED) is 0.378. The minimum absolute atomic E-state index is 0.0157. The number of aliphatic imine (C=N–C) groups is 1. The Morgan fingerprint density at radius 3 is 2.43 bits per heavy atom. The zero-order valence-electron chi connectivity index (χ0n) is 16.6. The number of benzene rings is 1. The normalized spacial score (nSPS) is 12.2. The van der Waals surface area contributed by atoms with E-state index < -0.39 is 18.5 Å². The highest BCUT2D eigenvalue weighted by atomic mass is 19.4. The van der Waals surface area contributed by atoms with Gasteiger partial charge in [0, 0.05) is 44.5 Å². The minimum Gasteiger partial charge on any atom is -0.490 e. The van der Waals surface area contributed by atoms with Gasteiger partial charge in [-0.1, -0.05) is 12.1 Å². The summed E-state index contributed by atoms with van der Waals surface area (Å²) < 4.78 is 75.7. The molecule has 30 heavy (non-hydrogen) atoms. The predicted octanol–water partition coefficient (Wildman–Crippen LogP) is 3.30. The van der Waals surface area contributed by atoms with Crippen LogP contribution in [0.25, 0.3) is 0 Å². The van der Waals surface area contributed by atoms with Gasteiger partial charge in [-0.05, 0) is 13.0 Å². The number of guanidine groups is 1. The van der Waals surface area contributed by atoms with Gasteiger partial charge in [-0.25, -0.2) is 0 Å². The molecule has 2 rings (SSSR count). The topological polar surface area (TPSA) is 72.7 Å². The van der Waals surface area contributed by atoms with E-state index in [1.54, 1.807) is 19.1 Å². The minimum atomic E-state index is -4.59. The highest BCUT2D eigenvalue weighted by Gasteiger charge is 2.36. The molecule has 0 saturated carbocycles. The standard InChI is InChI=1S/C18H22F5N5O2/c1-4-29-13-7-5-6-11(14(13)30-16(19)20)8-25-17(24-2)26-9-12-10-28(3)27-15(12)18(21,22)23/h5-7,10,16H,4,8-9H2,1-3H3,(H2,24,25,26). The van der Waals surface area contributed by atoms with Gasteiger partial charge in [0.1, 0.15) is 0 Å². The lowest BCUT2D eigenvalue weighted by molar-refractivity contribution is -0.142. The molecule has 0 spiro atoms. The maximum absolute atomic E-state index is 13.1. The van der Waals surface area contributed by atoms with Crippen LogP contribution in [0.2, 0.25) is 0 Å². The van der Waals surface area contributed by atoms with Crippen LogP contribution >= 0.6 is 0 Å². The Morgan fingerprint density at radius 1 is 1.20 bits per heavy atom. The van der Waals surface area contributed by atoms with Crippen LogP contribution in [0.5, 0.6) is 11.5 Å². The zero-order chi connectivity index (χ0) is 22.3. The van der Waals surface area contributed by atoms with E-state index in [-0.39, 0.29) is 42.7 Å². The summed E-state index contributed by atoms with van der Waals surface area (Å²) in [7, 11) is 2.82.